The van der Waals surface area contributed by atoms with E-state index in [1.54, 1.807) is 12.1 Å². The van der Waals surface area contributed by atoms with E-state index in [1.807, 2.05) is 0 Å². The van der Waals surface area contributed by atoms with E-state index in [0.29, 0.717) is 11.7 Å². The van der Waals surface area contributed by atoms with Gasteiger partial charge in [-0.05, 0) is 12.1 Å². The Hall–Kier alpha value is -0.540. The van der Waals surface area contributed by atoms with Gasteiger partial charge in [-0.15, -0.1) is 29.1 Å². The topological polar surface area (TPSA) is 51.8 Å². The molecular weight excluding hydrogens is 173 g/mol. The van der Waals surface area contributed by atoms with Crippen molar-refractivity contribution in [3.63, 3.8) is 0 Å². The molecule has 0 saturated carbocycles. The smallest absolute Gasteiger partial charge is 0.146 e. The number of nitrogens with zero attached hydrogens (tertiary/aromatic N) is 2. The Morgan fingerprint density at radius 2 is 2.10 bits per heavy atom. The standard InChI is InChI=1S/C5H6ClN3.ClH/c6-3-4-1-2-5(7)9-8-4;/h1-2H,3H2,(H2,7,9);1H. The molecule has 1 rings (SSSR count). The molecule has 56 valence electrons. The predicted molar refractivity (Wildman–Crippen MR) is 43.2 cm³/mol. The lowest BCUT2D eigenvalue weighted by molar-refractivity contribution is 0.978. The second-order valence-electron chi connectivity index (χ2n) is 1.58. The van der Waals surface area contributed by atoms with Crippen LogP contribution >= 0.6 is 24.0 Å². The first-order valence-corrected chi connectivity index (χ1v) is 3.00. The van der Waals surface area contributed by atoms with Gasteiger partial charge in [0.25, 0.3) is 0 Å². The molecule has 0 atom stereocenters. The maximum atomic E-state index is 5.44. The van der Waals surface area contributed by atoms with Gasteiger partial charge in [0.2, 0.25) is 0 Å². The molecule has 0 aliphatic carbocycles. The van der Waals surface area contributed by atoms with Crippen LogP contribution in [-0.4, -0.2) is 10.2 Å². The molecule has 0 aliphatic rings. The first kappa shape index (κ1) is 9.46. The van der Waals surface area contributed by atoms with E-state index in [2.05, 4.69) is 10.2 Å². The molecule has 3 nitrogen and oxygen atoms in total. The molecule has 10 heavy (non-hydrogen) atoms. The van der Waals surface area contributed by atoms with Gasteiger partial charge in [0, 0.05) is 0 Å². The van der Waals surface area contributed by atoms with Gasteiger partial charge in [0.15, 0.2) is 0 Å². The quantitative estimate of drug-likeness (QED) is 0.661. The van der Waals surface area contributed by atoms with Gasteiger partial charge >= 0.3 is 0 Å². The molecule has 0 radical (unpaired) electrons. The van der Waals surface area contributed by atoms with Gasteiger partial charge in [-0.2, -0.15) is 5.10 Å². The number of aromatic nitrogens is 2. The van der Waals surface area contributed by atoms with Crippen LogP contribution in [0.5, 0.6) is 0 Å². The summed E-state index contributed by atoms with van der Waals surface area (Å²) in [6, 6.07) is 3.42. The molecule has 0 aliphatic heterocycles. The van der Waals surface area contributed by atoms with Crippen molar-refractivity contribution in [2.75, 3.05) is 5.73 Å². The zero-order valence-corrected chi connectivity index (χ0v) is 6.69. The summed E-state index contributed by atoms with van der Waals surface area (Å²) >= 11 is 5.44. The fraction of sp³-hybridized carbons (Fsp3) is 0.200. The highest BCUT2D eigenvalue weighted by Gasteiger charge is 1.89. The molecule has 0 fully saturated rings. The predicted octanol–water partition coefficient (Wildman–Crippen LogP) is 1.22. The SMILES string of the molecule is Cl.Nc1ccc(CCl)nn1. The van der Waals surface area contributed by atoms with Gasteiger partial charge in [0.05, 0.1) is 11.6 Å². The molecule has 1 heterocycles. The summed E-state index contributed by atoms with van der Waals surface area (Å²) in [6.45, 7) is 0. The highest BCUT2D eigenvalue weighted by atomic mass is 35.5. The number of anilines is 1. The highest BCUT2D eigenvalue weighted by Crippen LogP contribution is 1.99. The Balaban J connectivity index is 0.000000810. The number of nitrogens with two attached hydrogens (primary N) is 1. The molecule has 2 N–H and O–H groups in total. The first-order valence-electron chi connectivity index (χ1n) is 2.47. The van der Waals surface area contributed by atoms with E-state index in [4.69, 9.17) is 17.3 Å². The number of halogens is 2. The van der Waals surface area contributed by atoms with Crippen molar-refractivity contribution in [3.8, 4) is 0 Å². The molecule has 1 aromatic rings. The van der Waals surface area contributed by atoms with Crippen molar-refractivity contribution in [2.45, 2.75) is 5.88 Å². The Kier molecular flexibility index (Phi) is 4.07. The zero-order valence-electron chi connectivity index (χ0n) is 5.12. The van der Waals surface area contributed by atoms with Crippen molar-refractivity contribution in [3.05, 3.63) is 17.8 Å². The molecule has 0 unspecified atom stereocenters. The average Bonchev–Trinajstić information content (AvgIpc) is 1.90. The van der Waals surface area contributed by atoms with Gasteiger partial charge < -0.3 is 5.73 Å². The third-order valence-corrected chi connectivity index (χ3v) is 1.15. The number of alkyl halides is 1. The van der Waals surface area contributed by atoms with Crippen LogP contribution in [0.4, 0.5) is 5.82 Å². The molecule has 0 amide bonds. The maximum absolute atomic E-state index is 5.44. The number of hydrogen-bond acceptors (Lipinski definition) is 3. The first-order chi connectivity index (χ1) is 4.33. The minimum Gasteiger partial charge on any atom is -0.382 e. The van der Waals surface area contributed by atoms with Crippen LogP contribution in [-0.2, 0) is 5.88 Å². The third kappa shape index (κ3) is 2.37. The van der Waals surface area contributed by atoms with Gasteiger partial charge in [-0.1, -0.05) is 0 Å². The fourth-order valence-corrected chi connectivity index (χ4v) is 0.584. The Labute approximate surface area is 70.0 Å². The second-order valence-corrected chi connectivity index (χ2v) is 1.85. The summed E-state index contributed by atoms with van der Waals surface area (Å²) in [5, 5.41) is 7.28. The van der Waals surface area contributed by atoms with E-state index in [-0.39, 0.29) is 12.4 Å². The lowest BCUT2D eigenvalue weighted by Gasteiger charge is -1.90. The van der Waals surface area contributed by atoms with Crippen LogP contribution in [0.2, 0.25) is 0 Å². The molecule has 5 heteroatoms. The summed E-state index contributed by atoms with van der Waals surface area (Å²) in [5.74, 6) is 0.802. The van der Waals surface area contributed by atoms with Crippen LogP contribution < -0.4 is 5.73 Å². The lowest BCUT2D eigenvalue weighted by atomic mass is 10.4. The summed E-state index contributed by atoms with van der Waals surface area (Å²) in [4.78, 5) is 0. The Morgan fingerprint density at radius 3 is 2.50 bits per heavy atom. The van der Waals surface area contributed by atoms with E-state index in [0.717, 1.165) is 5.69 Å². The van der Waals surface area contributed by atoms with E-state index in [9.17, 15) is 0 Å². The molecule has 0 spiro atoms. The minimum atomic E-state index is 0. The summed E-state index contributed by atoms with van der Waals surface area (Å²) < 4.78 is 0. The van der Waals surface area contributed by atoms with Crippen molar-refractivity contribution in [2.24, 2.45) is 0 Å². The lowest BCUT2D eigenvalue weighted by Crippen LogP contribution is -1.94. The Morgan fingerprint density at radius 1 is 1.40 bits per heavy atom. The summed E-state index contributed by atoms with van der Waals surface area (Å²) in [5.41, 5.74) is 6.01. The highest BCUT2D eigenvalue weighted by molar-refractivity contribution is 6.16. The summed E-state index contributed by atoms with van der Waals surface area (Å²) in [6.07, 6.45) is 0. The van der Waals surface area contributed by atoms with Crippen LogP contribution in [0.25, 0.3) is 0 Å². The minimum absolute atomic E-state index is 0. The average molecular weight is 180 g/mol. The molecular formula is C5H7Cl2N3. The van der Waals surface area contributed by atoms with Crippen LogP contribution in [0.15, 0.2) is 12.1 Å². The van der Waals surface area contributed by atoms with Crippen LogP contribution in [0.1, 0.15) is 5.69 Å². The van der Waals surface area contributed by atoms with Crippen molar-refractivity contribution in [1.29, 1.82) is 0 Å². The van der Waals surface area contributed by atoms with E-state index >= 15 is 0 Å². The number of nitrogen functional groups attached to an aromatic ring is 1. The monoisotopic (exact) mass is 179 g/mol. The van der Waals surface area contributed by atoms with Gasteiger partial charge in [0.1, 0.15) is 5.82 Å². The zero-order chi connectivity index (χ0) is 6.69. The van der Waals surface area contributed by atoms with Crippen molar-refractivity contribution >= 4 is 29.8 Å². The third-order valence-electron chi connectivity index (χ3n) is 0.877. The van der Waals surface area contributed by atoms with E-state index < -0.39 is 0 Å². The second kappa shape index (κ2) is 4.30. The molecule has 0 aromatic carbocycles. The van der Waals surface area contributed by atoms with Crippen molar-refractivity contribution < 1.29 is 0 Å². The van der Waals surface area contributed by atoms with Crippen molar-refractivity contribution in [1.82, 2.24) is 10.2 Å². The Bertz CT molecular complexity index is 187. The largest absolute Gasteiger partial charge is 0.382 e. The number of rotatable bonds is 1. The van der Waals surface area contributed by atoms with Crippen LogP contribution in [0.3, 0.4) is 0 Å². The molecule has 1 aromatic heterocycles. The fourth-order valence-electron chi connectivity index (χ4n) is 0.441. The molecule has 0 bridgehead atoms. The summed E-state index contributed by atoms with van der Waals surface area (Å²) in [7, 11) is 0. The van der Waals surface area contributed by atoms with Crippen LogP contribution in [0, 0.1) is 0 Å². The van der Waals surface area contributed by atoms with Gasteiger partial charge in [-0.25, -0.2) is 0 Å². The molecule has 0 saturated heterocycles. The van der Waals surface area contributed by atoms with E-state index in [1.165, 1.54) is 0 Å². The maximum Gasteiger partial charge on any atom is 0.146 e. The number of hydrogen-bond donors (Lipinski definition) is 1. The van der Waals surface area contributed by atoms with Gasteiger partial charge in [-0.3, -0.25) is 0 Å². The normalized spacial score (nSPS) is 8.50.